The largest absolute Gasteiger partial charge is 0.461 e. The fourth-order valence-corrected chi connectivity index (χ4v) is 2.57. The van der Waals surface area contributed by atoms with E-state index in [0.29, 0.717) is 18.7 Å². The highest BCUT2D eigenvalue weighted by molar-refractivity contribution is 5.89. The summed E-state index contributed by atoms with van der Waals surface area (Å²) in [6, 6.07) is 14.4. The maximum Gasteiger partial charge on any atom is 0.361 e. The third kappa shape index (κ3) is 3.69. The predicted octanol–water partition coefficient (Wildman–Crippen LogP) is 3.42. The molecule has 25 heavy (non-hydrogen) atoms. The molecule has 5 heteroatoms. The van der Waals surface area contributed by atoms with E-state index in [2.05, 4.69) is 46.4 Å². The minimum Gasteiger partial charge on any atom is -0.461 e. The third-order valence-corrected chi connectivity index (χ3v) is 3.73. The molecule has 0 bridgehead atoms. The van der Waals surface area contributed by atoms with Gasteiger partial charge in [-0.25, -0.2) is 9.48 Å². The molecule has 0 amide bonds. The van der Waals surface area contributed by atoms with Crippen molar-refractivity contribution < 1.29 is 9.53 Å². The van der Waals surface area contributed by atoms with Gasteiger partial charge in [-0.1, -0.05) is 54.5 Å². The molecule has 0 spiro atoms. The van der Waals surface area contributed by atoms with Gasteiger partial charge in [0.2, 0.25) is 5.69 Å². The molecule has 0 fully saturated rings. The number of rotatable bonds is 4. The number of esters is 1. The van der Waals surface area contributed by atoms with Crippen molar-refractivity contribution in [1.29, 1.82) is 0 Å². The van der Waals surface area contributed by atoms with Gasteiger partial charge in [0.15, 0.2) is 0 Å². The molecule has 126 valence electrons. The maximum atomic E-state index is 12.1. The second-order valence-electron chi connectivity index (χ2n) is 5.50. The first-order valence-electron chi connectivity index (χ1n) is 8.30. The molecule has 0 saturated carbocycles. The van der Waals surface area contributed by atoms with Crippen LogP contribution >= 0.6 is 0 Å². The van der Waals surface area contributed by atoms with E-state index in [9.17, 15) is 4.79 Å². The molecule has 0 unspecified atom stereocenters. The van der Waals surface area contributed by atoms with Crippen molar-refractivity contribution in [2.24, 2.45) is 0 Å². The first-order valence-corrected chi connectivity index (χ1v) is 8.30. The van der Waals surface area contributed by atoms with Gasteiger partial charge in [0, 0.05) is 6.42 Å². The molecule has 0 aliphatic rings. The Morgan fingerprint density at radius 1 is 1.16 bits per heavy atom. The molecule has 0 aliphatic carbocycles. The average molecular weight is 333 g/mol. The molecule has 0 N–H and O–H groups in total. The van der Waals surface area contributed by atoms with Crippen molar-refractivity contribution in [2.45, 2.75) is 26.8 Å². The Kier molecular flexibility index (Phi) is 5.10. The monoisotopic (exact) mass is 333 g/mol. The highest BCUT2D eigenvalue weighted by Gasteiger charge is 2.19. The minimum absolute atomic E-state index is 0.170. The molecule has 3 aromatic rings. The number of aromatic nitrogens is 3. The Hall–Kier alpha value is -3.13. The Labute approximate surface area is 146 Å². The molecule has 3 rings (SSSR count). The molecule has 0 atom stereocenters. The van der Waals surface area contributed by atoms with Crippen LogP contribution in [0.4, 0.5) is 0 Å². The summed E-state index contributed by atoms with van der Waals surface area (Å²) in [5.74, 6) is 5.49. The molecule has 0 radical (unpaired) electrons. The van der Waals surface area contributed by atoms with E-state index < -0.39 is 5.97 Å². The van der Waals surface area contributed by atoms with Crippen molar-refractivity contribution in [3.05, 3.63) is 59.4 Å². The van der Waals surface area contributed by atoms with Crippen LogP contribution < -0.4 is 0 Å². The highest BCUT2D eigenvalue weighted by Crippen LogP contribution is 2.17. The molecule has 0 aliphatic heterocycles. The molecular weight excluding hydrogens is 314 g/mol. The summed E-state index contributed by atoms with van der Waals surface area (Å²) >= 11 is 0. The molecule has 1 heterocycles. The summed E-state index contributed by atoms with van der Waals surface area (Å²) in [4.78, 5) is 12.1. The number of fused-ring (bicyclic) bond motifs is 1. The number of benzene rings is 2. The SMILES string of the molecule is CCC#Cc1c(C(=O)OCC)nnn1Cc1ccc2ccccc2c1. The number of hydrogen-bond acceptors (Lipinski definition) is 4. The predicted molar refractivity (Wildman–Crippen MR) is 96.2 cm³/mol. The van der Waals surface area contributed by atoms with Gasteiger partial charge in [0.25, 0.3) is 0 Å². The number of ether oxygens (including phenoxy) is 1. The molecule has 0 saturated heterocycles. The Bertz CT molecular complexity index is 964. The van der Waals surface area contributed by atoms with E-state index in [0.717, 1.165) is 10.9 Å². The smallest absolute Gasteiger partial charge is 0.361 e. The molecule has 1 aromatic heterocycles. The third-order valence-electron chi connectivity index (χ3n) is 3.73. The minimum atomic E-state index is -0.493. The lowest BCUT2D eigenvalue weighted by Gasteiger charge is -2.05. The first kappa shape index (κ1) is 16.7. The Balaban J connectivity index is 1.96. The molecule has 5 nitrogen and oxygen atoms in total. The second-order valence-corrected chi connectivity index (χ2v) is 5.50. The van der Waals surface area contributed by atoms with Crippen LogP contribution in [0, 0.1) is 11.8 Å². The fourth-order valence-electron chi connectivity index (χ4n) is 2.57. The zero-order chi connectivity index (χ0) is 17.6. The number of carbonyl (C=O) groups excluding carboxylic acids is 1. The van der Waals surface area contributed by atoms with E-state index in [-0.39, 0.29) is 12.3 Å². The summed E-state index contributed by atoms with van der Waals surface area (Å²) in [6.45, 7) is 4.49. The van der Waals surface area contributed by atoms with Crippen LogP contribution in [0.25, 0.3) is 10.8 Å². The van der Waals surface area contributed by atoms with E-state index >= 15 is 0 Å². The Morgan fingerprint density at radius 2 is 1.96 bits per heavy atom. The van der Waals surface area contributed by atoms with Gasteiger partial charge >= 0.3 is 5.97 Å². The fraction of sp³-hybridized carbons (Fsp3) is 0.250. The summed E-state index contributed by atoms with van der Waals surface area (Å²) in [5, 5.41) is 10.4. The van der Waals surface area contributed by atoms with Crippen LogP contribution in [0.5, 0.6) is 0 Å². The number of hydrogen-bond donors (Lipinski definition) is 0. The van der Waals surface area contributed by atoms with E-state index in [1.807, 2.05) is 25.1 Å². The van der Waals surface area contributed by atoms with Crippen LogP contribution in [0.15, 0.2) is 42.5 Å². The van der Waals surface area contributed by atoms with E-state index in [4.69, 9.17) is 4.74 Å². The van der Waals surface area contributed by atoms with Crippen LogP contribution in [-0.4, -0.2) is 27.6 Å². The zero-order valence-electron chi connectivity index (χ0n) is 14.3. The van der Waals surface area contributed by atoms with Crippen molar-refractivity contribution in [3.8, 4) is 11.8 Å². The maximum absolute atomic E-state index is 12.1. The zero-order valence-corrected chi connectivity index (χ0v) is 14.3. The van der Waals surface area contributed by atoms with Gasteiger partial charge in [-0.2, -0.15) is 0 Å². The second kappa shape index (κ2) is 7.63. The Morgan fingerprint density at radius 3 is 2.72 bits per heavy atom. The quantitative estimate of drug-likeness (QED) is 0.542. The summed E-state index contributed by atoms with van der Waals surface area (Å²) in [6.07, 6.45) is 0.684. The highest BCUT2D eigenvalue weighted by atomic mass is 16.5. The van der Waals surface area contributed by atoms with Crippen LogP contribution in [0.2, 0.25) is 0 Å². The van der Waals surface area contributed by atoms with Crippen molar-refractivity contribution in [3.63, 3.8) is 0 Å². The lowest BCUT2D eigenvalue weighted by molar-refractivity contribution is 0.0519. The lowest BCUT2D eigenvalue weighted by atomic mass is 10.1. The van der Waals surface area contributed by atoms with Crippen LogP contribution in [0.3, 0.4) is 0 Å². The van der Waals surface area contributed by atoms with Gasteiger partial charge in [0.1, 0.15) is 5.69 Å². The standard InChI is InChI=1S/C20H19N3O2/c1-3-5-10-18-19(20(24)25-4-2)21-22-23(18)14-15-11-12-16-8-6-7-9-17(16)13-15/h6-9,11-13H,3-4,14H2,1-2H3. The number of carbonyl (C=O) groups is 1. The summed E-state index contributed by atoms with van der Waals surface area (Å²) < 4.78 is 6.70. The van der Waals surface area contributed by atoms with E-state index in [1.54, 1.807) is 11.6 Å². The lowest BCUT2D eigenvalue weighted by Crippen LogP contribution is -2.09. The summed E-state index contributed by atoms with van der Waals surface area (Å²) in [7, 11) is 0. The first-order chi connectivity index (χ1) is 12.2. The summed E-state index contributed by atoms with van der Waals surface area (Å²) in [5.41, 5.74) is 1.73. The molecule has 2 aromatic carbocycles. The van der Waals surface area contributed by atoms with Crippen LogP contribution in [-0.2, 0) is 11.3 Å². The van der Waals surface area contributed by atoms with Crippen molar-refractivity contribution in [2.75, 3.05) is 6.61 Å². The van der Waals surface area contributed by atoms with Crippen molar-refractivity contribution >= 4 is 16.7 Å². The number of nitrogens with zero attached hydrogens (tertiary/aromatic N) is 3. The van der Waals surface area contributed by atoms with Gasteiger partial charge < -0.3 is 4.74 Å². The van der Waals surface area contributed by atoms with E-state index in [1.165, 1.54) is 5.39 Å². The van der Waals surface area contributed by atoms with Gasteiger partial charge in [-0.15, -0.1) is 5.10 Å². The average Bonchev–Trinajstić information content (AvgIpc) is 3.02. The normalized spacial score (nSPS) is 10.3. The topological polar surface area (TPSA) is 57.0 Å². The van der Waals surface area contributed by atoms with Crippen molar-refractivity contribution in [1.82, 2.24) is 15.0 Å². The molecular formula is C20H19N3O2. The van der Waals surface area contributed by atoms with Gasteiger partial charge in [-0.05, 0) is 35.2 Å². The van der Waals surface area contributed by atoms with Gasteiger partial charge in [-0.3, -0.25) is 0 Å². The van der Waals surface area contributed by atoms with Crippen LogP contribution in [0.1, 0.15) is 42.0 Å². The van der Waals surface area contributed by atoms with Gasteiger partial charge in [0.05, 0.1) is 13.2 Å².